The van der Waals surface area contributed by atoms with Crippen molar-refractivity contribution in [3.8, 4) is 0 Å². The van der Waals surface area contributed by atoms with Crippen LogP contribution in [0.5, 0.6) is 0 Å². The number of rotatable bonds is 2. The van der Waals surface area contributed by atoms with Gasteiger partial charge in [-0.2, -0.15) is 0 Å². The van der Waals surface area contributed by atoms with Crippen molar-refractivity contribution in [2.75, 3.05) is 30.7 Å². The molecule has 2 aliphatic rings. The summed E-state index contributed by atoms with van der Waals surface area (Å²) in [7, 11) is 0. The van der Waals surface area contributed by atoms with Gasteiger partial charge in [0.25, 0.3) is 5.91 Å². The summed E-state index contributed by atoms with van der Waals surface area (Å²) in [6.07, 6.45) is 0. The first-order valence-electron chi connectivity index (χ1n) is 8.46. The Kier molecular flexibility index (Phi) is 6.04. The molecule has 0 bridgehead atoms. The number of nitrogens with one attached hydrogen (secondary N) is 2. The van der Waals surface area contributed by atoms with Crippen molar-refractivity contribution < 1.29 is 14.0 Å². The third kappa shape index (κ3) is 4.10. The molecule has 0 aromatic heterocycles. The maximum atomic E-state index is 13.6. The number of anilines is 1. The Morgan fingerprint density at radius 2 is 2.07 bits per heavy atom. The fraction of sp³-hybridized carbons (Fsp3) is 0.263. The molecule has 0 spiro atoms. The zero-order valence-electron chi connectivity index (χ0n) is 14.4. The normalized spacial score (nSPS) is 18.9. The molecule has 142 valence electrons. The number of benzene rings is 2. The van der Waals surface area contributed by atoms with Gasteiger partial charge in [-0.15, -0.1) is 24.2 Å². The van der Waals surface area contributed by atoms with E-state index in [0.717, 1.165) is 10.5 Å². The average Bonchev–Trinajstić information content (AvgIpc) is 2.67. The molecule has 1 atom stereocenters. The van der Waals surface area contributed by atoms with Gasteiger partial charge in [0.2, 0.25) is 5.91 Å². The van der Waals surface area contributed by atoms with Gasteiger partial charge in [-0.25, -0.2) is 4.39 Å². The van der Waals surface area contributed by atoms with E-state index in [2.05, 4.69) is 10.6 Å². The van der Waals surface area contributed by atoms with Crippen molar-refractivity contribution in [1.82, 2.24) is 10.2 Å². The van der Waals surface area contributed by atoms with E-state index in [4.69, 9.17) is 0 Å². The minimum Gasteiger partial charge on any atom is -0.329 e. The summed E-state index contributed by atoms with van der Waals surface area (Å²) in [4.78, 5) is 27.5. The first-order chi connectivity index (χ1) is 12.6. The number of carbonyl (C=O) groups is 2. The number of hydrogen-bond donors (Lipinski definition) is 2. The fourth-order valence-electron chi connectivity index (χ4n) is 3.34. The van der Waals surface area contributed by atoms with Gasteiger partial charge in [0.15, 0.2) is 0 Å². The molecule has 1 saturated heterocycles. The molecule has 0 aliphatic carbocycles. The summed E-state index contributed by atoms with van der Waals surface area (Å²) in [6, 6.07) is 11.5. The number of hydrogen-bond acceptors (Lipinski definition) is 4. The molecule has 5 nitrogen and oxygen atoms in total. The average molecular weight is 408 g/mol. The van der Waals surface area contributed by atoms with Crippen LogP contribution in [0.3, 0.4) is 0 Å². The first kappa shape index (κ1) is 19.7. The molecular weight excluding hydrogens is 389 g/mol. The highest BCUT2D eigenvalue weighted by Gasteiger charge is 2.29. The summed E-state index contributed by atoms with van der Waals surface area (Å²) in [5.74, 6) is -0.103. The van der Waals surface area contributed by atoms with Crippen LogP contribution in [-0.4, -0.2) is 42.1 Å². The zero-order valence-corrected chi connectivity index (χ0v) is 16.0. The molecular formula is C19H19ClFN3O2S. The third-order valence-corrected chi connectivity index (χ3v) is 5.67. The molecule has 0 saturated carbocycles. The molecule has 2 aromatic carbocycles. The lowest BCUT2D eigenvalue weighted by Gasteiger charge is -2.36. The van der Waals surface area contributed by atoms with Crippen molar-refractivity contribution in [3.63, 3.8) is 0 Å². The molecule has 1 unspecified atom stereocenters. The lowest BCUT2D eigenvalue weighted by atomic mass is 10.0. The minimum atomic E-state index is -0.311. The molecule has 1 fully saturated rings. The third-order valence-electron chi connectivity index (χ3n) is 4.60. The van der Waals surface area contributed by atoms with Gasteiger partial charge in [-0.05, 0) is 35.9 Å². The summed E-state index contributed by atoms with van der Waals surface area (Å²) in [5, 5.41) is 6.08. The highest BCUT2D eigenvalue weighted by Crippen LogP contribution is 2.33. The monoisotopic (exact) mass is 407 g/mol. The second-order valence-electron chi connectivity index (χ2n) is 6.32. The second-order valence-corrected chi connectivity index (χ2v) is 7.34. The highest BCUT2D eigenvalue weighted by molar-refractivity contribution is 8.00. The van der Waals surface area contributed by atoms with Gasteiger partial charge in [0.1, 0.15) is 5.82 Å². The molecule has 0 radical (unpaired) electrons. The number of halogens is 2. The van der Waals surface area contributed by atoms with Crippen LogP contribution < -0.4 is 10.6 Å². The van der Waals surface area contributed by atoms with E-state index < -0.39 is 0 Å². The van der Waals surface area contributed by atoms with Crippen molar-refractivity contribution in [3.05, 3.63) is 59.4 Å². The Labute approximate surface area is 167 Å². The molecule has 2 aromatic rings. The van der Waals surface area contributed by atoms with Crippen LogP contribution in [0.1, 0.15) is 22.0 Å². The van der Waals surface area contributed by atoms with Crippen LogP contribution in [0.15, 0.2) is 47.4 Å². The van der Waals surface area contributed by atoms with E-state index in [1.807, 2.05) is 12.1 Å². The Morgan fingerprint density at radius 3 is 2.89 bits per heavy atom. The van der Waals surface area contributed by atoms with Crippen molar-refractivity contribution in [2.24, 2.45) is 0 Å². The number of carbonyl (C=O) groups excluding carboxylic acids is 2. The standard InChI is InChI=1S/C19H18FN3O2S.ClH/c20-14-3-1-2-12(8-14)16-10-21-6-7-23(16)19(25)13-4-5-17-15(9-13)22-18(24)11-26-17;/h1-5,8-9,16,21H,6-7,10-11H2,(H,22,24);1H. The number of fused-ring (bicyclic) bond motifs is 1. The van der Waals surface area contributed by atoms with Crippen molar-refractivity contribution >= 4 is 41.7 Å². The molecule has 27 heavy (non-hydrogen) atoms. The van der Waals surface area contributed by atoms with Crippen LogP contribution in [0.25, 0.3) is 0 Å². The Hall–Kier alpha value is -2.09. The maximum absolute atomic E-state index is 13.6. The summed E-state index contributed by atoms with van der Waals surface area (Å²) < 4.78 is 13.6. The van der Waals surface area contributed by atoms with E-state index in [1.54, 1.807) is 23.1 Å². The first-order valence-corrected chi connectivity index (χ1v) is 9.44. The van der Waals surface area contributed by atoms with Gasteiger partial charge < -0.3 is 15.5 Å². The summed E-state index contributed by atoms with van der Waals surface area (Å²) in [5.41, 5.74) is 1.97. The van der Waals surface area contributed by atoms with Gasteiger partial charge in [0.05, 0.1) is 17.5 Å². The topological polar surface area (TPSA) is 61.4 Å². The molecule has 4 rings (SSSR count). The van der Waals surface area contributed by atoms with Crippen LogP contribution in [-0.2, 0) is 4.79 Å². The zero-order chi connectivity index (χ0) is 18.1. The van der Waals surface area contributed by atoms with E-state index in [-0.39, 0.29) is 36.1 Å². The molecule has 2 aliphatic heterocycles. The number of piperazine rings is 1. The Balaban J connectivity index is 0.00000210. The fourth-order valence-corrected chi connectivity index (χ4v) is 4.13. The van der Waals surface area contributed by atoms with Gasteiger partial charge in [-0.1, -0.05) is 12.1 Å². The largest absolute Gasteiger partial charge is 0.329 e. The molecule has 2 amide bonds. The Morgan fingerprint density at radius 1 is 1.22 bits per heavy atom. The van der Waals surface area contributed by atoms with E-state index >= 15 is 0 Å². The van der Waals surface area contributed by atoms with E-state index in [0.29, 0.717) is 36.6 Å². The Bertz CT molecular complexity index is 880. The van der Waals surface area contributed by atoms with E-state index in [9.17, 15) is 14.0 Å². The van der Waals surface area contributed by atoms with Crippen LogP contribution in [0.4, 0.5) is 10.1 Å². The van der Waals surface area contributed by atoms with Crippen LogP contribution in [0, 0.1) is 5.82 Å². The van der Waals surface area contributed by atoms with E-state index in [1.165, 1.54) is 23.9 Å². The highest BCUT2D eigenvalue weighted by atomic mass is 35.5. The minimum absolute atomic E-state index is 0. The molecule has 2 N–H and O–H groups in total. The van der Waals surface area contributed by atoms with Gasteiger partial charge in [0, 0.05) is 30.1 Å². The van der Waals surface area contributed by atoms with Crippen LogP contribution >= 0.6 is 24.2 Å². The number of thioether (sulfide) groups is 1. The predicted molar refractivity (Wildman–Crippen MR) is 106 cm³/mol. The smallest absolute Gasteiger partial charge is 0.254 e. The number of amides is 2. The predicted octanol–water partition coefficient (Wildman–Crippen LogP) is 3.08. The molecule has 2 heterocycles. The van der Waals surface area contributed by atoms with Crippen LogP contribution in [0.2, 0.25) is 0 Å². The summed E-state index contributed by atoms with van der Waals surface area (Å²) in [6.45, 7) is 1.81. The lowest BCUT2D eigenvalue weighted by molar-refractivity contribution is -0.113. The second kappa shape index (κ2) is 8.29. The summed E-state index contributed by atoms with van der Waals surface area (Å²) >= 11 is 1.46. The quantitative estimate of drug-likeness (QED) is 0.803. The number of nitrogens with zero attached hydrogens (tertiary/aromatic N) is 1. The van der Waals surface area contributed by atoms with Gasteiger partial charge >= 0.3 is 0 Å². The van der Waals surface area contributed by atoms with Crippen molar-refractivity contribution in [2.45, 2.75) is 10.9 Å². The SMILES string of the molecule is Cl.O=C1CSc2ccc(C(=O)N3CCNCC3c3cccc(F)c3)cc2N1. The van der Waals surface area contributed by atoms with Gasteiger partial charge in [-0.3, -0.25) is 9.59 Å². The lowest BCUT2D eigenvalue weighted by Crippen LogP contribution is -2.48. The van der Waals surface area contributed by atoms with Crippen molar-refractivity contribution in [1.29, 1.82) is 0 Å². The molecule has 8 heteroatoms. The maximum Gasteiger partial charge on any atom is 0.254 e.